The van der Waals surface area contributed by atoms with Gasteiger partial charge >= 0.3 is 0 Å². The summed E-state index contributed by atoms with van der Waals surface area (Å²) in [5, 5.41) is 11.8. The summed E-state index contributed by atoms with van der Waals surface area (Å²) in [5.74, 6) is 0.162. The molecule has 0 aromatic heterocycles. The first-order valence-electron chi connectivity index (χ1n) is 5.83. The minimum absolute atomic E-state index is 0.0329. The standard InChI is InChI=1S/C12H17N3O3S/c1-3-14-6-7-15-19(16,17)12-5-4-10(9-13)8-11(12)18-2/h4-5,8,14-15H,3,6-7H2,1-2H3. The lowest BCUT2D eigenvalue weighted by Gasteiger charge is -2.11. The fourth-order valence-corrected chi connectivity index (χ4v) is 2.67. The van der Waals surface area contributed by atoms with Gasteiger partial charge in [0.05, 0.1) is 18.7 Å². The molecule has 7 heteroatoms. The number of hydrogen-bond donors (Lipinski definition) is 2. The predicted octanol–water partition coefficient (Wildman–Crippen LogP) is 0.455. The molecule has 0 bridgehead atoms. The molecule has 6 nitrogen and oxygen atoms in total. The van der Waals surface area contributed by atoms with Crippen molar-refractivity contribution in [3.63, 3.8) is 0 Å². The van der Waals surface area contributed by atoms with Crippen LogP contribution in [0, 0.1) is 11.3 Å². The lowest BCUT2D eigenvalue weighted by molar-refractivity contribution is 0.402. The summed E-state index contributed by atoms with van der Waals surface area (Å²) < 4.78 is 31.6. The minimum atomic E-state index is -3.63. The first-order chi connectivity index (χ1) is 9.05. The molecular formula is C12H17N3O3S. The van der Waals surface area contributed by atoms with Gasteiger partial charge in [-0.1, -0.05) is 6.92 Å². The van der Waals surface area contributed by atoms with E-state index in [1.54, 1.807) is 0 Å². The summed E-state index contributed by atoms with van der Waals surface area (Å²) in [6.07, 6.45) is 0. The Morgan fingerprint density at radius 3 is 2.68 bits per heavy atom. The molecule has 0 aliphatic carbocycles. The van der Waals surface area contributed by atoms with Crippen molar-refractivity contribution in [2.75, 3.05) is 26.7 Å². The van der Waals surface area contributed by atoms with Gasteiger partial charge in [0.15, 0.2) is 0 Å². The maximum atomic E-state index is 12.1. The summed E-state index contributed by atoms with van der Waals surface area (Å²) in [7, 11) is -2.26. The number of hydrogen-bond acceptors (Lipinski definition) is 5. The molecule has 0 heterocycles. The third-order valence-corrected chi connectivity index (χ3v) is 3.93. The molecule has 0 saturated carbocycles. The number of nitrogens with one attached hydrogen (secondary N) is 2. The van der Waals surface area contributed by atoms with Gasteiger partial charge in [-0.25, -0.2) is 13.1 Å². The van der Waals surface area contributed by atoms with Crippen LogP contribution in [0.15, 0.2) is 23.1 Å². The second-order valence-corrected chi connectivity index (χ2v) is 5.46. The molecule has 0 radical (unpaired) electrons. The van der Waals surface area contributed by atoms with Gasteiger partial charge in [-0.15, -0.1) is 0 Å². The van der Waals surface area contributed by atoms with Crippen molar-refractivity contribution in [3.05, 3.63) is 23.8 Å². The van der Waals surface area contributed by atoms with E-state index in [0.29, 0.717) is 18.7 Å². The third-order valence-electron chi connectivity index (χ3n) is 2.43. The molecule has 1 rings (SSSR count). The first-order valence-corrected chi connectivity index (χ1v) is 7.32. The van der Waals surface area contributed by atoms with Gasteiger partial charge in [-0.3, -0.25) is 0 Å². The normalized spacial score (nSPS) is 11.0. The highest BCUT2D eigenvalue weighted by Gasteiger charge is 2.19. The molecule has 2 N–H and O–H groups in total. The van der Waals surface area contributed by atoms with Crippen LogP contribution in [0.4, 0.5) is 0 Å². The van der Waals surface area contributed by atoms with E-state index in [2.05, 4.69) is 10.0 Å². The number of methoxy groups -OCH3 is 1. The largest absolute Gasteiger partial charge is 0.495 e. The SMILES string of the molecule is CCNCCNS(=O)(=O)c1ccc(C#N)cc1OC. The van der Waals surface area contributed by atoms with Crippen molar-refractivity contribution in [2.45, 2.75) is 11.8 Å². The van der Waals surface area contributed by atoms with Crippen LogP contribution >= 0.6 is 0 Å². The van der Waals surface area contributed by atoms with Crippen molar-refractivity contribution < 1.29 is 13.2 Å². The summed E-state index contributed by atoms with van der Waals surface area (Å²) in [6.45, 7) is 3.56. The second kappa shape index (κ2) is 7.09. The smallest absolute Gasteiger partial charge is 0.244 e. The van der Waals surface area contributed by atoms with Crippen LogP contribution in [-0.4, -0.2) is 35.2 Å². The fourth-order valence-electron chi connectivity index (χ4n) is 1.49. The van der Waals surface area contributed by atoms with Crippen LogP contribution in [0.25, 0.3) is 0 Å². The van der Waals surface area contributed by atoms with Gasteiger partial charge < -0.3 is 10.1 Å². The molecule has 1 aromatic carbocycles. The summed E-state index contributed by atoms with van der Waals surface area (Å²) in [6, 6.07) is 6.15. The maximum absolute atomic E-state index is 12.1. The van der Waals surface area contributed by atoms with E-state index in [1.807, 2.05) is 13.0 Å². The Balaban J connectivity index is 2.92. The average Bonchev–Trinajstić information content (AvgIpc) is 2.42. The number of ether oxygens (including phenoxy) is 1. The van der Waals surface area contributed by atoms with E-state index in [1.165, 1.54) is 25.3 Å². The van der Waals surface area contributed by atoms with Gasteiger partial charge in [-0.2, -0.15) is 5.26 Å². The van der Waals surface area contributed by atoms with Gasteiger partial charge in [0.1, 0.15) is 10.6 Å². The average molecular weight is 283 g/mol. The Bertz CT molecular complexity index is 564. The highest BCUT2D eigenvalue weighted by atomic mass is 32.2. The molecule has 0 aliphatic heterocycles. The van der Waals surface area contributed by atoms with Crippen LogP contribution in [0.3, 0.4) is 0 Å². The zero-order valence-electron chi connectivity index (χ0n) is 10.9. The summed E-state index contributed by atoms with van der Waals surface area (Å²) in [5.41, 5.74) is 0.350. The number of nitriles is 1. The van der Waals surface area contributed by atoms with E-state index in [4.69, 9.17) is 10.00 Å². The molecule has 0 aliphatic rings. The topological polar surface area (TPSA) is 91.2 Å². The monoisotopic (exact) mass is 283 g/mol. The van der Waals surface area contributed by atoms with Gasteiger partial charge in [0.2, 0.25) is 10.0 Å². The fraction of sp³-hybridized carbons (Fsp3) is 0.417. The third kappa shape index (κ3) is 4.21. The Labute approximate surface area is 113 Å². The summed E-state index contributed by atoms with van der Waals surface area (Å²) >= 11 is 0. The predicted molar refractivity (Wildman–Crippen MR) is 71.4 cm³/mol. The van der Waals surface area contributed by atoms with E-state index >= 15 is 0 Å². The summed E-state index contributed by atoms with van der Waals surface area (Å²) in [4.78, 5) is 0.0329. The highest BCUT2D eigenvalue weighted by Crippen LogP contribution is 2.24. The van der Waals surface area contributed by atoms with E-state index < -0.39 is 10.0 Å². The first kappa shape index (κ1) is 15.4. The zero-order valence-corrected chi connectivity index (χ0v) is 11.8. The molecule has 0 atom stereocenters. The van der Waals surface area contributed by atoms with Crippen molar-refractivity contribution in [2.24, 2.45) is 0 Å². The molecule has 1 aromatic rings. The minimum Gasteiger partial charge on any atom is -0.495 e. The van der Waals surface area contributed by atoms with Crippen molar-refractivity contribution in [1.29, 1.82) is 5.26 Å². The molecule has 0 fully saturated rings. The lowest BCUT2D eigenvalue weighted by atomic mass is 10.2. The number of benzene rings is 1. The number of likely N-dealkylation sites (N-methyl/N-ethyl adjacent to an activating group) is 1. The maximum Gasteiger partial charge on any atom is 0.244 e. The van der Waals surface area contributed by atoms with Gasteiger partial charge in [-0.05, 0) is 24.7 Å². The van der Waals surface area contributed by atoms with Crippen LogP contribution in [0.1, 0.15) is 12.5 Å². The van der Waals surface area contributed by atoms with Crippen LogP contribution in [-0.2, 0) is 10.0 Å². The number of rotatable bonds is 7. The molecule has 19 heavy (non-hydrogen) atoms. The van der Waals surface area contributed by atoms with Crippen molar-refractivity contribution >= 4 is 10.0 Å². The Morgan fingerprint density at radius 2 is 2.11 bits per heavy atom. The van der Waals surface area contributed by atoms with Gasteiger partial charge in [0, 0.05) is 13.1 Å². The van der Waals surface area contributed by atoms with Crippen LogP contribution in [0.2, 0.25) is 0 Å². The Kier molecular flexibility index (Phi) is 5.76. The lowest BCUT2D eigenvalue weighted by Crippen LogP contribution is -2.32. The Hall–Kier alpha value is -1.62. The number of sulfonamides is 1. The highest BCUT2D eigenvalue weighted by molar-refractivity contribution is 7.89. The number of nitrogens with zero attached hydrogens (tertiary/aromatic N) is 1. The molecule has 0 saturated heterocycles. The van der Waals surface area contributed by atoms with E-state index in [9.17, 15) is 8.42 Å². The van der Waals surface area contributed by atoms with E-state index in [-0.39, 0.29) is 10.6 Å². The van der Waals surface area contributed by atoms with Crippen LogP contribution < -0.4 is 14.8 Å². The molecule has 0 amide bonds. The van der Waals surface area contributed by atoms with E-state index in [0.717, 1.165) is 6.54 Å². The zero-order chi connectivity index (χ0) is 14.3. The molecule has 104 valence electrons. The van der Waals surface area contributed by atoms with Crippen molar-refractivity contribution in [1.82, 2.24) is 10.0 Å². The van der Waals surface area contributed by atoms with Gasteiger partial charge in [0.25, 0.3) is 0 Å². The Morgan fingerprint density at radius 1 is 1.37 bits per heavy atom. The second-order valence-electron chi connectivity index (χ2n) is 3.73. The van der Waals surface area contributed by atoms with Crippen LogP contribution in [0.5, 0.6) is 5.75 Å². The molecular weight excluding hydrogens is 266 g/mol. The molecule has 0 spiro atoms. The molecule has 0 unspecified atom stereocenters. The van der Waals surface area contributed by atoms with Crippen molar-refractivity contribution in [3.8, 4) is 11.8 Å². The quantitative estimate of drug-likeness (QED) is 0.709.